The molecule has 0 aliphatic carbocycles. The third-order valence-corrected chi connectivity index (χ3v) is 5.32. The van der Waals surface area contributed by atoms with Crippen LogP contribution in [-0.4, -0.2) is 33.8 Å². The fourth-order valence-corrected chi connectivity index (χ4v) is 4.07. The van der Waals surface area contributed by atoms with Crippen LogP contribution in [-0.2, 0) is 0 Å². The van der Waals surface area contributed by atoms with Crippen molar-refractivity contribution in [2.24, 2.45) is 5.92 Å². The highest BCUT2D eigenvalue weighted by atomic mass is 16.3. The minimum atomic E-state index is -0.534. The zero-order valence-corrected chi connectivity index (χ0v) is 14.3. The van der Waals surface area contributed by atoms with Gasteiger partial charge in [0.05, 0.1) is 6.04 Å². The van der Waals surface area contributed by atoms with Crippen LogP contribution in [0.3, 0.4) is 0 Å². The first-order valence-corrected chi connectivity index (χ1v) is 8.54. The number of amides is 1. The highest BCUT2D eigenvalue weighted by Crippen LogP contribution is 2.40. The van der Waals surface area contributed by atoms with E-state index in [0.717, 1.165) is 18.4 Å². The van der Waals surface area contributed by atoms with Gasteiger partial charge in [0.1, 0.15) is 6.17 Å². The third-order valence-electron chi connectivity index (χ3n) is 5.32. The first kappa shape index (κ1) is 15.7. The van der Waals surface area contributed by atoms with Crippen LogP contribution in [0, 0.1) is 5.92 Å². The van der Waals surface area contributed by atoms with E-state index in [1.807, 2.05) is 18.2 Å². The molecule has 1 saturated heterocycles. The Morgan fingerprint density at radius 2 is 1.80 bits per heavy atom. The summed E-state index contributed by atoms with van der Waals surface area (Å²) in [7, 11) is 1.74. The van der Waals surface area contributed by atoms with E-state index >= 15 is 0 Å². The number of carbonyl (C=O) groups is 1. The molecule has 1 amide bonds. The minimum Gasteiger partial charge on any atom is -0.502 e. The third kappa shape index (κ3) is 2.32. The number of piperidine rings is 1. The molecule has 2 aliphatic heterocycles. The molecule has 1 N–H and O–H groups in total. The molecule has 1 aromatic carbocycles. The van der Waals surface area contributed by atoms with Crippen molar-refractivity contribution in [2.75, 3.05) is 12.1 Å². The zero-order valence-electron chi connectivity index (χ0n) is 14.3. The number of benzene rings is 1. The Labute approximate surface area is 145 Å². The Hall–Kier alpha value is -2.76. The average molecular weight is 339 g/mol. The second-order valence-corrected chi connectivity index (χ2v) is 7.00. The van der Waals surface area contributed by atoms with Gasteiger partial charge in [-0.05, 0) is 24.3 Å². The summed E-state index contributed by atoms with van der Waals surface area (Å²) < 4.78 is 1.67. The zero-order chi connectivity index (χ0) is 17.7. The van der Waals surface area contributed by atoms with Gasteiger partial charge >= 0.3 is 0 Å². The van der Waals surface area contributed by atoms with E-state index in [2.05, 4.69) is 24.1 Å². The van der Waals surface area contributed by atoms with E-state index in [1.165, 1.54) is 6.07 Å². The molecule has 2 aliphatic rings. The summed E-state index contributed by atoms with van der Waals surface area (Å²) in [5.74, 6) is -0.350. The van der Waals surface area contributed by atoms with Crippen molar-refractivity contribution >= 4 is 5.91 Å². The summed E-state index contributed by atoms with van der Waals surface area (Å²) in [6.07, 6.45) is 3.27. The summed E-state index contributed by atoms with van der Waals surface area (Å²) in [4.78, 5) is 26.3. The van der Waals surface area contributed by atoms with Crippen molar-refractivity contribution in [1.82, 2.24) is 9.58 Å². The summed E-state index contributed by atoms with van der Waals surface area (Å²) >= 11 is 0. The Balaban J connectivity index is 1.92. The normalized spacial score (nSPS) is 25.5. The first-order chi connectivity index (χ1) is 12.0. The van der Waals surface area contributed by atoms with Crippen molar-refractivity contribution < 1.29 is 9.90 Å². The summed E-state index contributed by atoms with van der Waals surface area (Å²) in [6.45, 7) is 2.20. The molecule has 1 fully saturated rings. The quantitative estimate of drug-likeness (QED) is 0.864. The topological polar surface area (TPSA) is 65.8 Å². The van der Waals surface area contributed by atoms with Gasteiger partial charge in [0.15, 0.2) is 11.4 Å². The number of rotatable bonds is 1. The number of nitrogens with zero attached hydrogens (tertiary/aromatic N) is 3. The molecule has 6 heteroatoms. The largest absolute Gasteiger partial charge is 0.502 e. The second kappa shape index (κ2) is 5.65. The number of aromatic hydroxyl groups is 1. The van der Waals surface area contributed by atoms with Crippen LogP contribution in [0.25, 0.3) is 0 Å². The number of aromatic nitrogens is 1. The molecule has 130 valence electrons. The molecule has 4 rings (SSSR count). The first-order valence-electron chi connectivity index (χ1n) is 8.54. The maximum atomic E-state index is 12.8. The SMILES string of the molecule is CC1CC(c2ccccc2)N2C(C1)N(C)C(=O)c1c(O)c(=O)ccn12. The van der Waals surface area contributed by atoms with Crippen LogP contribution in [0.15, 0.2) is 47.4 Å². The van der Waals surface area contributed by atoms with Crippen LogP contribution in [0.4, 0.5) is 0 Å². The molecule has 0 bridgehead atoms. The summed E-state index contributed by atoms with van der Waals surface area (Å²) in [6, 6.07) is 11.5. The van der Waals surface area contributed by atoms with Gasteiger partial charge in [-0.25, -0.2) is 0 Å². The van der Waals surface area contributed by atoms with Gasteiger partial charge in [-0.15, -0.1) is 0 Å². The molecule has 0 spiro atoms. The average Bonchev–Trinajstić information content (AvgIpc) is 2.62. The van der Waals surface area contributed by atoms with Crippen molar-refractivity contribution in [3.63, 3.8) is 0 Å². The van der Waals surface area contributed by atoms with Gasteiger partial charge in [-0.3, -0.25) is 19.3 Å². The highest BCUT2D eigenvalue weighted by molar-refractivity contribution is 5.96. The van der Waals surface area contributed by atoms with Crippen molar-refractivity contribution in [1.29, 1.82) is 0 Å². The molecular weight excluding hydrogens is 318 g/mol. The Bertz CT molecular complexity index is 877. The monoisotopic (exact) mass is 339 g/mol. The predicted molar refractivity (Wildman–Crippen MR) is 94.0 cm³/mol. The molecule has 0 saturated carbocycles. The predicted octanol–water partition coefficient (Wildman–Crippen LogP) is 2.07. The van der Waals surface area contributed by atoms with E-state index in [-0.39, 0.29) is 23.8 Å². The van der Waals surface area contributed by atoms with Crippen LogP contribution < -0.4 is 10.4 Å². The Kier molecular flexibility index (Phi) is 3.56. The molecule has 2 aromatic rings. The standard InChI is InChI=1S/C19H21N3O3/c1-12-10-14(13-6-4-3-5-7-13)22-16(11-12)20(2)19(25)17-18(24)15(23)8-9-21(17)22/h3-9,12,14,16,24H,10-11H2,1-2H3. The van der Waals surface area contributed by atoms with Crippen LogP contribution in [0.1, 0.15) is 41.9 Å². The van der Waals surface area contributed by atoms with E-state index in [1.54, 1.807) is 22.8 Å². The van der Waals surface area contributed by atoms with E-state index in [4.69, 9.17) is 0 Å². The number of hydrogen-bond donors (Lipinski definition) is 1. The molecule has 3 unspecified atom stereocenters. The Morgan fingerprint density at radius 1 is 1.08 bits per heavy atom. The lowest BCUT2D eigenvalue weighted by Crippen LogP contribution is -2.63. The van der Waals surface area contributed by atoms with Gasteiger partial charge in [0, 0.05) is 19.3 Å². The van der Waals surface area contributed by atoms with Crippen LogP contribution >= 0.6 is 0 Å². The van der Waals surface area contributed by atoms with Gasteiger partial charge in [-0.2, -0.15) is 0 Å². The molecular formula is C19H21N3O3. The maximum absolute atomic E-state index is 12.8. The van der Waals surface area contributed by atoms with Crippen LogP contribution in [0.2, 0.25) is 0 Å². The smallest absolute Gasteiger partial charge is 0.277 e. The van der Waals surface area contributed by atoms with Gasteiger partial charge in [0.25, 0.3) is 5.91 Å². The molecule has 3 heterocycles. The lowest BCUT2D eigenvalue weighted by molar-refractivity contribution is 0.0503. The summed E-state index contributed by atoms with van der Waals surface area (Å²) in [5.41, 5.74) is 0.667. The summed E-state index contributed by atoms with van der Waals surface area (Å²) in [5, 5.41) is 12.3. The number of hydrogen-bond acceptors (Lipinski definition) is 4. The van der Waals surface area contributed by atoms with E-state index in [9.17, 15) is 14.7 Å². The fraction of sp³-hybridized carbons (Fsp3) is 0.368. The van der Waals surface area contributed by atoms with Crippen molar-refractivity contribution in [2.45, 2.75) is 32.0 Å². The number of pyridine rings is 1. The molecule has 6 nitrogen and oxygen atoms in total. The second-order valence-electron chi connectivity index (χ2n) is 7.00. The fourth-order valence-electron chi connectivity index (χ4n) is 4.07. The minimum absolute atomic E-state index is 0.0433. The molecule has 0 radical (unpaired) electrons. The van der Waals surface area contributed by atoms with Gasteiger partial charge in [0.2, 0.25) is 5.43 Å². The van der Waals surface area contributed by atoms with E-state index in [0.29, 0.717) is 5.92 Å². The van der Waals surface area contributed by atoms with Crippen molar-refractivity contribution in [3.8, 4) is 5.75 Å². The number of fused-ring (bicyclic) bond motifs is 3. The maximum Gasteiger partial charge on any atom is 0.277 e. The molecule has 25 heavy (non-hydrogen) atoms. The van der Waals surface area contributed by atoms with E-state index < -0.39 is 11.2 Å². The molecule has 3 atom stereocenters. The highest BCUT2D eigenvalue weighted by Gasteiger charge is 2.44. The lowest BCUT2D eigenvalue weighted by Gasteiger charge is -2.53. The Morgan fingerprint density at radius 3 is 2.52 bits per heavy atom. The molecule has 1 aromatic heterocycles. The van der Waals surface area contributed by atoms with Crippen molar-refractivity contribution in [3.05, 3.63) is 64.1 Å². The van der Waals surface area contributed by atoms with Gasteiger partial charge in [-0.1, -0.05) is 37.3 Å². The number of carbonyl (C=O) groups excluding carboxylic acids is 1. The van der Waals surface area contributed by atoms with Gasteiger partial charge < -0.3 is 10.0 Å². The van der Waals surface area contributed by atoms with Crippen LogP contribution in [0.5, 0.6) is 5.75 Å². The lowest BCUT2D eigenvalue weighted by atomic mass is 9.86.